The van der Waals surface area contributed by atoms with Gasteiger partial charge in [0.1, 0.15) is 5.75 Å². The van der Waals surface area contributed by atoms with E-state index in [0.717, 1.165) is 48.8 Å². The van der Waals surface area contributed by atoms with Crippen LogP contribution < -0.4 is 10.1 Å². The molecule has 0 amide bonds. The van der Waals surface area contributed by atoms with Crippen molar-refractivity contribution >= 4 is 0 Å². The number of nitrogens with zero attached hydrogens (tertiary/aromatic N) is 2. The van der Waals surface area contributed by atoms with Crippen molar-refractivity contribution in [2.75, 3.05) is 7.11 Å². The molecule has 0 radical (unpaired) electrons. The Kier molecular flexibility index (Phi) is 3.88. The van der Waals surface area contributed by atoms with E-state index in [1.165, 1.54) is 16.8 Å². The molecule has 1 aromatic carbocycles. The molecule has 0 unspecified atom stereocenters. The molecule has 1 aliphatic rings. The van der Waals surface area contributed by atoms with Crippen LogP contribution in [0.1, 0.15) is 35.9 Å². The van der Waals surface area contributed by atoms with Crippen LogP contribution in [0.5, 0.6) is 5.75 Å². The molecule has 0 bridgehead atoms. The van der Waals surface area contributed by atoms with Gasteiger partial charge < -0.3 is 10.1 Å². The molecule has 0 spiro atoms. The smallest absolute Gasteiger partial charge is 0.163 e. The molecule has 110 valence electrons. The largest absolute Gasteiger partial charge is 0.496 e. The first kappa shape index (κ1) is 14.0. The van der Waals surface area contributed by atoms with Gasteiger partial charge >= 0.3 is 0 Å². The van der Waals surface area contributed by atoms with E-state index in [9.17, 15) is 0 Å². The molecule has 4 nitrogen and oxygen atoms in total. The Bertz CT molecular complexity index is 667. The zero-order chi connectivity index (χ0) is 14.8. The molecule has 1 N–H and O–H groups in total. The molecule has 0 saturated carbocycles. The fraction of sp³-hybridized carbons (Fsp3) is 0.412. The lowest BCUT2D eigenvalue weighted by molar-refractivity contribution is 0.416. The molecular formula is C17H21N3O. The van der Waals surface area contributed by atoms with E-state index < -0.39 is 0 Å². The summed E-state index contributed by atoms with van der Waals surface area (Å²) in [5.74, 6) is 1.61. The predicted molar refractivity (Wildman–Crippen MR) is 83.3 cm³/mol. The monoisotopic (exact) mass is 283 g/mol. The van der Waals surface area contributed by atoms with Gasteiger partial charge in [0.15, 0.2) is 5.82 Å². The maximum atomic E-state index is 5.50. The van der Waals surface area contributed by atoms with Gasteiger partial charge in [-0.05, 0) is 31.0 Å². The highest BCUT2D eigenvalue weighted by atomic mass is 16.5. The van der Waals surface area contributed by atoms with Crippen LogP contribution >= 0.6 is 0 Å². The Labute approximate surface area is 125 Å². The third kappa shape index (κ3) is 2.63. The number of aryl methyl sites for hydroxylation is 2. The van der Waals surface area contributed by atoms with Gasteiger partial charge in [0.05, 0.1) is 18.4 Å². The number of methoxy groups -OCH3 is 1. The molecule has 2 heterocycles. The predicted octanol–water partition coefficient (Wildman–Crippen LogP) is 3.02. The van der Waals surface area contributed by atoms with E-state index in [-0.39, 0.29) is 0 Å². The Hall–Kier alpha value is -1.94. The number of rotatable bonds is 4. The number of aromatic nitrogens is 2. The number of nitrogens with one attached hydrogen (secondary N) is 1. The van der Waals surface area contributed by atoms with Crippen molar-refractivity contribution < 1.29 is 4.74 Å². The summed E-state index contributed by atoms with van der Waals surface area (Å²) in [6.07, 6.45) is 2.08. The minimum Gasteiger partial charge on any atom is -0.496 e. The highest BCUT2D eigenvalue weighted by molar-refractivity contribution is 5.65. The maximum absolute atomic E-state index is 5.50. The molecular weight excluding hydrogens is 262 g/mol. The van der Waals surface area contributed by atoms with Gasteiger partial charge in [-0.25, -0.2) is 9.97 Å². The molecule has 0 fully saturated rings. The quantitative estimate of drug-likeness (QED) is 0.937. The van der Waals surface area contributed by atoms with Crippen molar-refractivity contribution in [3.63, 3.8) is 0 Å². The normalized spacial score (nSPS) is 13.3. The lowest BCUT2D eigenvalue weighted by atomic mass is 10.1. The number of hydrogen-bond donors (Lipinski definition) is 1. The van der Waals surface area contributed by atoms with Crippen LogP contribution in [0.2, 0.25) is 0 Å². The van der Waals surface area contributed by atoms with Gasteiger partial charge in [-0.1, -0.05) is 19.4 Å². The van der Waals surface area contributed by atoms with Gasteiger partial charge in [0.25, 0.3) is 0 Å². The molecule has 1 aliphatic heterocycles. The van der Waals surface area contributed by atoms with E-state index in [4.69, 9.17) is 14.7 Å². The van der Waals surface area contributed by atoms with E-state index in [1.807, 2.05) is 12.1 Å². The number of ether oxygens (including phenoxy) is 1. The lowest BCUT2D eigenvalue weighted by Crippen LogP contribution is -2.04. The Morgan fingerprint density at radius 1 is 1.24 bits per heavy atom. The lowest BCUT2D eigenvalue weighted by Gasteiger charge is -2.12. The minimum atomic E-state index is 0.776. The van der Waals surface area contributed by atoms with E-state index in [1.54, 1.807) is 7.11 Å². The Morgan fingerprint density at radius 2 is 2.10 bits per heavy atom. The SMILES string of the molecule is CCCc1nc(-c2ccc(C)cc2OC)nc2c1CNC2. The number of hydrogen-bond acceptors (Lipinski definition) is 4. The molecule has 4 heteroatoms. The molecule has 0 saturated heterocycles. The summed E-state index contributed by atoms with van der Waals surface area (Å²) in [6, 6.07) is 6.16. The number of fused-ring (bicyclic) bond motifs is 1. The third-order valence-corrected chi connectivity index (χ3v) is 3.86. The highest BCUT2D eigenvalue weighted by Gasteiger charge is 2.20. The van der Waals surface area contributed by atoms with Gasteiger partial charge in [-0.3, -0.25) is 0 Å². The first-order valence-corrected chi connectivity index (χ1v) is 7.47. The summed E-state index contributed by atoms with van der Waals surface area (Å²) in [5.41, 5.74) is 5.73. The molecule has 2 aromatic rings. The van der Waals surface area contributed by atoms with Gasteiger partial charge in [-0.2, -0.15) is 0 Å². The van der Waals surface area contributed by atoms with Crippen molar-refractivity contribution in [3.05, 3.63) is 40.7 Å². The molecule has 1 aromatic heterocycles. The minimum absolute atomic E-state index is 0.776. The van der Waals surface area contributed by atoms with E-state index >= 15 is 0 Å². The van der Waals surface area contributed by atoms with Crippen molar-refractivity contribution in [1.82, 2.24) is 15.3 Å². The topological polar surface area (TPSA) is 47.0 Å². The fourth-order valence-electron chi connectivity index (χ4n) is 2.79. The molecule has 3 rings (SSSR count). The fourth-order valence-corrected chi connectivity index (χ4v) is 2.79. The standard InChI is InChI=1S/C17H21N3O/c1-4-5-14-13-9-18-10-15(13)20-17(19-14)12-7-6-11(2)8-16(12)21-3/h6-8,18H,4-5,9-10H2,1-3H3. The average molecular weight is 283 g/mol. The third-order valence-electron chi connectivity index (χ3n) is 3.86. The molecule has 0 aliphatic carbocycles. The van der Waals surface area contributed by atoms with Crippen LogP contribution in [-0.4, -0.2) is 17.1 Å². The zero-order valence-corrected chi connectivity index (χ0v) is 12.9. The Morgan fingerprint density at radius 3 is 2.86 bits per heavy atom. The summed E-state index contributed by atoms with van der Waals surface area (Å²) in [7, 11) is 1.69. The summed E-state index contributed by atoms with van der Waals surface area (Å²) >= 11 is 0. The van der Waals surface area contributed by atoms with Crippen LogP contribution in [0.3, 0.4) is 0 Å². The van der Waals surface area contributed by atoms with Crippen LogP contribution in [0, 0.1) is 6.92 Å². The second-order valence-corrected chi connectivity index (χ2v) is 5.48. The van der Waals surface area contributed by atoms with Crippen molar-refractivity contribution in [2.24, 2.45) is 0 Å². The second kappa shape index (κ2) is 5.82. The average Bonchev–Trinajstić information content (AvgIpc) is 2.96. The van der Waals surface area contributed by atoms with Gasteiger partial charge in [-0.15, -0.1) is 0 Å². The van der Waals surface area contributed by atoms with Crippen molar-refractivity contribution in [2.45, 2.75) is 39.8 Å². The number of benzene rings is 1. The zero-order valence-electron chi connectivity index (χ0n) is 12.9. The van der Waals surface area contributed by atoms with Gasteiger partial charge in [0.2, 0.25) is 0 Å². The van der Waals surface area contributed by atoms with Crippen LogP contribution in [0.25, 0.3) is 11.4 Å². The summed E-state index contributed by atoms with van der Waals surface area (Å²) in [5, 5.41) is 3.37. The van der Waals surface area contributed by atoms with E-state index in [2.05, 4.69) is 25.2 Å². The summed E-state index contributed by atoms with van der Waals surface area (Å²) < 4.78 is 5.50. The Balaban J connectivity index is 2.13. The van der Waals surface area contributed by atoms with Crippen LogP contribution in [0.15, 0.2) is 18.2 Å². The summed E-state index contributed by atoms with van der Waals surface area (Å²) in [4.78, 5) is 9.56. The molecule has 0 atom stereocenters. The maximum Gasteiger partial charge on any atom is 0.163 e. The van der Waals surface area contributed by atoms with Crippen LogP contribution in [-0.2, 0) is 19.5 Å². The second-order valence-electron chi connectivity index (χ2n) is 5.48. The highest BCUT2D eigenvalue weighted by Crippen LogP contribution is 2.30. The first-order chi connectivity index (χ1) is 10.2. The summed E-state index contributed by atoms with van der Waals surface area (Å²) in [6.45, 7) is 5.96. The first-order valence-electron chi connectivity index (χ1n) is 7.47. The van der Waals surface area contributed by atoms with Gasteiger partial charge in [0, 0.05) is 24.3 Å². The van der Waals surface area contributed by atoms with Crippen LogP contribution in [0.4, 0.5) is 0 Å². The molecule has 21 heavy (non-hydrogen) atoms. The van der Waals surface area contributed by atoms with E-state index in [0.29, 0.717) is 0 Å². The van der Waals surface area contributed by atoms with Crippen molar-refractivity contribution in [3.8, 4) is 17.1 Å². The van der Waals surface area contributed by atoms with Crippen molar-refractivity contribution in [1.29, 1.82) is 0 Å².